The largest absolute Gasteiger partial charge is 0.467 e. The predicted octanol–water partition coefficient (Wildman–Crippen LogP) is 2.51. The number of ether oxygens (including phenoxy) is 1. The minimum atomic E-state index is -0.223. The first-order valence-electron chi connectivity index (χ1n) is 8.75. The topological polar surface area (TPSA) is 63.0 Å². The van der Waals surface area contributed by atoms with Crippen LogP contribution in [0.5, 0.6) is 0 Å². The molecule has 0 radical (unpaired) electrons. The molecule has 1 saturated heterocycles. The van der Waals surface area contributed by atoms with Gasteiger partial charge in [0, 0.05) is 19.7 Å². The van der Waals surface area contributed by atoms with Gasteiger partial charge in [0.15, 0.2) is 0 Å². The molecular weight excluding hydrogens is 344 g/mol. The van der Waals surface area contributed by atoms with Crippen LogP contribution in [0.4, 0.5) is 0 Å². The van der Waals surface area contributed by atoms with Crippen LogP contribution in [0.15, 0.2) is 22.8 Å². The quantitative estimate of drug-likeness (QED) is 0.626. The normalized spacial score (nSPS) is 17.0. The Morgan fingerprint density at radius 3 is 2.68 bits per heavy atom. The monoisotopic (exact) mass is 370 g/mol. The first-order valence-corrected chi connectivity index (χ1v) is 9.28. The van der Waals surface area contributed by atoms with Gasteiger partial charge in [-0.1, -0.05) is 13.8 Å². The van der Waals surface area contributed by atoms with Crippen molar-refractivity contribution < 1.29 is 18.7 Å². The van der Waals surface area contributed by atoms with Crippen LogP contribution in [0.25, 0.3) is 0 Å². The first kappa shape index (κ1) is 19.8. The summed E-state index contributed by atoms with van der Waals surface area (Å²) in [7, 11) is 0. The van der Waals surface area contributed by atoms with Crippen LogP contribution in [0.2, 0.25) is 0 Å². The number of amides is 2. The van der Waals surface area contributed by atoms with Crippen LogP contribution < -0.4 is 0 Å². The molecule has 1 unspecified atom stereocenters. The Labute approximate surface area is 154 Å². The molecule has 2 rings (SSSR count). The molecule has 0 bridgehead atoms. The summed E-state index contributed by atoms with van der Waals surface area (Å²) < 4.78 is 11.0. The molecule has 1 aromatic rings. The zero-order chi connectivity index (χ0) is 18.2. The maximum absolute atomic E-state index is 12.9. The fourth-order valence-electron chi connectivity index (χ4n) is 2.92. The van der Waals surface area contributed by atoms with Gasteiger partial charge in [-0.2, -0.15) is 0 Å². The molecule has 1 aromatic heterocycles. The lowest BCUT2D eigenvalue weighted by Crippen LogP contribution is -2.46. The average molecular weight is 371 g/mol. The first-order chi connectivity index (χ1) is 12.0. The van der Waals surface area contributed by atoms with E-state index in [1.807, 2.05) is 19.9 Å². The summed E-state index contributed by atoms with van der Waals surface area (Å²) in [5, 5.41) is 0. The van der Waals surface area contributed by atoms with E-state index in [1.54, 1.807) is 17.2 Å². The van der Waals surface area contributed by atoms with Crippen molar-refractivity contribution in [1.82, 2.24) is 9.80 Å². The lowest BCUT2D eigenvalue weighted by Gasteiger charge is -2.29. The molecule has 0 N–H and O–H groups in total. The van der Waals surface area contributed by atoms with E-state index >= 15 is 0 Å². The highest BCUT2D eigenvalue weighted by atomic mass is 35.5. The van der Waals surface area contributed by atoms with Gasteiger partial charge in [-0.05, 0) is 30.9 Å². The van der Waals surface area contributed by atoms with Gasteiger partial charge in [0.25, 0.3) is 0 Å². The van der Waals surface area contributed by atoms with Crippen LogP contribution >= 0.6 is 11.6 Å². The average Bonchev–Trinajstić information content (AvgIpc) is 3.26. The Balaban J connectivity index is 2.04. The highest BCUT2D eigenvalue weighted by Gasteiger charge is 2.26. The molecule has 0 spiro atoms. The van der Waals surface area contributed by atoms with Crippen LogP contribution in [0, 0.1) is 5.92 Å². The number of rotatable bonds is 9. The summed E-state index contributed by atoms with van der Waals surface area (Å²) in [6.45, 7) is 6.15. The second-order valence-corrected chi connectivity index (χ2v) is 7.06. The van der Waals surface area contributed by atoms with Crippen molar-refractivity contribution in [2.75, 3.05) is 32.1 Å². The lowest BCUT2D eigenvalue weighted by atomic mass is 10.2. The Morgan fingerprint density at radius 2 is 2.12 bits per heavy atom. The van der Waals surface area contributed by atoms with Crippen molar-refractivity contribution in [3.63, 3.8) is 0 Å². The van der Waals surface area contributed by atoms with Gasteiger partial charge in [-0.15, -0.1) is 11.6 Å². The van der Waals surface area contributed by atoms with Crippen LogP contribution in [-0.4, -0.2) is 59.8 Å². The molecule has 7 heteroatoms. The molecule has 1 aliphatic heterocycles. The van der Waals surface area contributed by atoms with E-state index in [1.165, 1.54) is 4.90 Å². The van der Waals surface area contributed by atoms with Gasteiger partial charge >= 0.3 is 0 Å². The summed E-state index contributed by atoms with van der Waals surface area (Å²) in [5.74, 6) is 0.510. The maximum Gasteiger partial charge on any atom is 0.242 e. The number of alkyl halides is 1. The number of hydrogen-bond acceptors (Lipinski definition) is 4. The number of halogens is 1. The molecule has 0 saturated carbocycles. The molecule has 1 fully saturated rings. The van der Waals surface area contributed by atoms with Crippen molar-refractivity contribution in [1.29, 1.82) is 0 Å². The van der Waals surface area contributed by atoms with Crippen LogP contribution in [0.3, 0.4) is 0 Å². The minimum absolute atomic E-state index is 0.0250. The third-order valence-corrected chi connectivity index (χ3v) is 4.33. The van der Waals surface area contributed by atoms with E-state index in [0.717, 1.165) is 19.4 Å². The van der Waals surface area contributed by atoms with Gasteiger partial charge < -0.3 is 19.0 Å². The van der Waals surface area contributed by atoms with E-state index in [2.05, 4.69) is 0 Å². The second kappa shape index (κ2) is 9.82. The smallest absolute Gasteiger partial charge is 0.242 e. The van der Waals surface area contributed by atoms with Crippen molar-refractivity contribution in [3.05, 3.63) is 24.2 Å². The molecule has 1 aliphatic rings. The molecule has 6 nitrogen and oxygen atoms in total. The predicted molar refractivity (Wildman–Crippen MR) is 95.2 cm³/mol. The summed E-state index contributed by atoms with van der Waals surface area (Å²) >= 11 is 5.69. The van der Waals surface area contributed by atoms with Gasteiger partial charge in [-0.25, -0.2) is 0 Å². The van der Waals surface area contributed by atoms with Gasteiger partial charge in [0.2, 0.25) is 11.8 Å². The third kappa shape index (κ3) is 6.36. The fraction of sp³-hybridized carbons (Fsp3) is 0.667. The standard InChI is InChI=1S/C18H27ClN2O4/c1-14(2)10-20(17(22)9-19)13-18(23)21(11-15-5-3-7-24-15)12-16-6-4-8-25-16/h3,5,7,14,16H,4,6,8-13H2,1-2H3. The number of carbonyl (C=O) groups is 2. The van der Waals surface area contributed by atoms with Crippen molar-refractivity contribution >= 4 is 23.4 Å². The van der Waals surface area contributed by atoms with E-state index in [4.69, 9.17) is 20.8 Å². The Kier molecular flexibility index (Phi) is 7.78. The molecule has 2 heterocycles. The Morgan fingerprint density at radius 1 is 1.32 bits per heavy atom. The van der Waals surface area contributed by atoms with Gasteiger partial charge in [0.05, 0.1) is 25.5 Å². The summed E-state index contributed by atoms with van der Waals surface area (Å²) in [6.07, 6.45) is 3.59. The number of hydrogen-bond donors (Lipinski definition) is 0. The molecular formula is C18H27ClN2O4. The van der Waals surface area contributed by atoms with Crippen LogP contribution in [0.1, 0.15) is 32.4 Å². The Bertz CT molecular complexity index is 541. The molecule has 140 valence electrons. The summed E-state index contributed by atoms with van der Waals surface area (Å²) in [4.78, 5) is 28.2. The highest BCUT2D eigenvalue weighted by molar-refractivity contribution is 6.27. The van der Waals surface area contributed by atoms with Gasteiger partial charge in [0.1, 0.15) is 11.6 Å². The maximum atomic E-state index is 12.9. The summed E-state index contributed by atoms with van der Waals surface area (Å²) in [5.41, 5.74) is 0. The van der Waals surface area contributed by atoms with E-state index in [9.17, 15) is 9.59 Å². The molecule has 0 aliphatic carbocycles. The molecule has 2 amide bonds. The summed E-state index contributed by atoms with van der Waals surface area (Å²) in [6, 6.07) is 3.64. The van der Waals surface area contributed by atoms with Gasteiger partial charge in [-0.3, -0.25) is 9.59 Å². The zero-order valence-electron chi connectivity index (χ0n) is 14.9. The molecule has 25 heavy (non-hydrogen) atoms. The molecule has 0 aromatic carbocycles. The lowest BCUT2D eigenvalue weighted by molar-refractivity contribution is -0.141. The zero-order valence-corrected chi connectivity index (χ0v) is 15.7. The van der Waals surface area contributed by atoms with E-state index in [-0.39, 0.29) is 36.3 Å². The highest BCUT2D eigenvalue weighted by Crippen LogP contribution is 2.16. The number of furan rings is 1. The fourth-order valence-corrected chi connectivity index (χ4v) is 3.09. The van der Waals surface area contributed by atoms with E-state index in [0.29, 0.717) is 25.4 Å². The van der Waals surface area contributed by atoms with Crippen molar-refractivity contribution in [2.24, 2.45) is 5.92 Å². The third-order valence-electron chi connectivity index (χ3n) is 4.11. The number of nitrogens with zero attached hydrogens (tertiary/aromatic N) is 2. The molecule has 1 atom stereocenters. The SMILES string of the molecule is CC(C)CN(CC(=O)N(Cc1ccco1)CC1CCCO1)C(=O)CCl. The van der Waals surface area contributed by atoms with Crippen LogP contribution in [-0.2, 0) is 20.9 Å². The number of carbonyl (C=O) groups excluding carboxylic acids is 2. The Hall–Kier alpha value is -1.53. The minimum Gasteiger partial charge on any atom is -0.467 e. The van der Waals surface area contributed by atoms with Crippen molar-refractivity contribution in [3.8, 4) is 0 Å². The second-order valence-electron chi connectivity index (χ2n) is 6.79. The van der Waals surface area contributed by atoms with E-state index < -0.39 is 0 Å². The van der Waals surface area contributed by atoms with Crippen molar-refractivity contribution in [2.45, 2.75) is 39.3 Å².